The summed E-state index contributed by atoms with van der Waals surface area (Å²) in [5, 5.41) is 10.3. The Bertz CT molecular complexity index is 789. The maximum absolute atomic E-state index is 11.6. The lowest BCUT2D eigenvalue weighted by Crippen LogP contribution is -2.50. The van der Waals surface area contributed by atoms with Crippen molar-refractivity contribution in [3.05, 3.63) is 34.9 Å². The summed E-state index contributed by atoms with van der Waals surface area (Å²) >= 11 is 0. The van der Waals surface area contributed by atoms with E-state index in [4.69, 9.17) is 14.2 Å². The standard InChI is InChI=1S/C21H27NO5/c1-13(23)27-19-10-15-6-8-22-7-4-5-14-9-17(24)18(25-2)11-16(14)21(15,22)12-20(19)26-3/h9-11,19-20,24H,4-8,12H2,1-3H3/t19-,20-,21+/m1/s1. The fourth-order valence-electron chi connectivity index (χ4n) is 5.15. The van der Waals surface area contributed by atoms with E-state index in [9.17, 15) is 9.90 Å². The number of hydrogen-bond acceptors (Lipinski definition) is 6. The van der Waals surface area contributed by atoms with Crippen LogP contribution in [0.1, 0.15) is 37.3 Å². The van der Waals surface area contributed by atoms with Gasteiger partial charge in [0.15, 0.2) is 11.5 Å². The Morgan fingerprint density at radius 3 is 2.78 bits per heavy atom. The van der Waals surface area contributed by atoms with Crippen molar-refractivity contribution in [2.24, 2.45) is 0 Å². The zero-order valence-electron chi connectivity index (χ0n) is 16.2. The van der Waals surface area contributed by atoms with Crippen LogP contribution in [0.5, 0.6) is 11.5 Å². The first-order valence-corrected chi connectivity index (χ1v) is 9.56. The second-order valence-corrected chi connectivity index (χ2v) is 7.63. The average molecular weight is 373 g/mol. The van der Waals surface area contributed by atoms with Crippen LogP contribution in [0.15, 0.2) is 23.8 Å². The predicted octanol–water partition coefficient (Wildman–Crippen LogP) is 2.52. The maximum atomic E-state index is 11.6. The number of benzene rings is 1. The van der Waals surface area contributed by atoms with E-state index in [1.807, 2.05) is 12.1 Å². The normalized spacial score (nSPS) is 29.8. The van der Waals surface area contributed by atoms with Gasteiger partial charge >= 0.3 is 5.97 Å². The molecule has 0 radical (unpaired) electrons. The first kappa shape index (κ1) is 18.3. The second-order valence-electron chi connectivity index (χ2n) is 7.63. The number of nitrogens with zero attached hydrogens (tertiary/aromatic N) is 1. The van der Waals surface area contributed by atoms with Crippen LogP contribution < -0.4 is 4.74 Å². The highest BCUT2D eigenvalue weighted by Gasteiger charge is 2.53. The zero-order chi connectivity index (χ0) is 19.2. The van der Waals surface area contributed by atoms with Crippen molar-refractivity contribution >= 4 is 5.97 Å². The summed E-state index contributed by atoms with van der Waals surface area (Å²) in [5.74, 6) is 0.381. The van der Waals surface area contributed by atoms with Gasteiger partial charge in [-0.25, -0.2) is 0 Å². The van der Waals surface area contributed by atoms with Gasteiger partial charge in [-0.2, -0.15) is 0 Å². The molecule has 27 heavy (non-hydrogen) atoms. The third kappa shape index (κ3) is 2.82. The van der Waals surface area contributed by atoms with Crippen LogP contribution in [0.4, 0.5) is 0 Å². The Hall–Kier alpha value is -2.05. The van der Waals surface area contributed by atoms with Gasteiger partial charge in [-0.15, -0.1) is 0 Å². The molecule has 1 aromatic rings. The van der Waals surface area contributed by atoms with E-state index >= 15 is 0 Å². The molecule has 1 spiro atoms. The van der Waals surface area contributed by atoms with Gasteiger partial charge in [0.2, 0.25) is 0 Å². The van der Waals surface area contributed by atoms with E-state index in [2.05, 4.69) is 11.0 Å². The van der Waals surface area contributed by atoms with Gasteiger partial charge in [0.05, 0.1) is 12.6 Å². The van der Waals surface area contributed by atoms with Gasteiger partial charge in [-0.05, 0) is 60.7 Å². The molecule has 6 heteroatoms. The number of aryl methyl sites for hydroxylation is 1. The average Bonchev–Trinajstić information content (AvgIpc) is 2.92. The minimum absolute atomic E-state index is 0.182. The number of esters is 1. The highest BCUT2D eigenvalue weighted by atomic mass is 16.6. The first-order valence-electron chi connectivity index (χ1n) is 9.56. The van der Waals surface area contributed by atoms with Gasteiger partial charge in [0.1, 0.15) is 12.2 Å². The largest absolute Gasteiger partial charge is 0.504 e. The second kappa shape index (κ2) is 6.84. The molecular weight excluding hydrogens is 346 g/mol. The van der Waals surface area contributed by atoms with E-state index in [0.29, 0.717) is 12.2 Å². The zero-order valence-corrected chi connectivity index (χ0v) is 16.2. The number of phenols is 1. The van der Waals surface area contributed by atoms with Gasteiger partial charge in [0.25, 0.3) is 0 Å². The summed E-state index contributed by atoms with van der Waals surface area (Å²) in [6, 6.07) is 3.84. The van der Waals surface area contributed by atoms with Crippen molar-refractivity contribution < 1.29 is 24.1 Å². The van der Waals surface area contributed by atoms with Crippen LogP contribution in [0.25, 0.3) is 0 Å². The molecule has 2 aliphatic heterocycles. The lowest BCUT2D eigenvalue weighted by molar-refractivity contribution is -0.152. The molecule has 0 saturated carbocycles. The van der Waals surface area contributed by atoms with Crippen LogP contribution in [0, 0.1) is 0 Å². The molecule has 1 fully saturated rings. The summed E-state index contributed by atoms with van der Waals surface area (Å²) in [6.07, 6.45) is 5.13. The molecular formula is C21H27NO5. The van der Waals surface area contributed by atoms with Crippen molar-refractivity contribution in [1.29, 1.82) is 0 Å². The fourth-order valence-corrected chi connectivity index (χ4v) is 5.15. The molecule has 146 valence electrons. The van der Waals surface area contributed by atoms with Crippen LogP contribution >= 0.6 is 0 Å². The van der Waals surface area contributed by atoms with E-state index in [-0.39, 0.29) is 29.5 Å². The Morgan fingerprint density at radius 1 is 1.26 bits per heavy atom. The maximum Gasteiger partial charge on any atom is 0.303 e. The number of rotatable bonds is 3. The topological polar surface area (TPSA) is 68.2 Å². The molecule has 4 rings (SSSR count). The minimum Gasteiger partial charge on any atom is -0.504 e. The van der Waals surface area contributed by atoms with Crippen LogP contribution in [-0.2, 0) is 26.2 Å². The number of aromatic hydroxyl groups is 1. The monoisotopic (exact) mass is 373 g/mol. The van der Waals surface area contributed by atoms with Gasteiger partial charge in [-0.1, -0.05) is 0 Å². The molecule has 1 aliphatic carbocycles. The number of methoxy groups -OCH3 is 2. The quantitative estimate of drug-likeness (QED) is 0.649. The summed E-state index contributed by atoms with van der Waals surface area (Å²) in [5.41, 5.74) is 3.33. The van der Waals surface area contributed by atoms with Gasteiger partial charge in [-0.3, -0.25) is 9.69 Å². The number of phenolic OH excluding ortho intramolecular Hbond substituents is 1. The fraction of sp³-hybridized carbons (Fsp3) is 0.571. The Balaban J connectivity index is 1.88. The lowest BCUT2D eigenvalue weighted by Gasteiger charge is -2.46. The van der Waals surface area contributed by atoms with Crippen molar-refractivity contribution in [3.8, 4) is 11.5 Å². The van der Waals surface area contributed by atoms with E-state index in [1.165, 1.54) is 18.1 Å². The van der Waals surface area contributed by atoms with Crippen LogP contribution in [0.2, 0.25) is 0 Å². The Morgan fingerprint density at radius 2 is 2.07 bits per heavy atom. The molecule has 3 aliphatic rings. The van der Waals surface area contributed by atoms with Crippen molar-refractivity contribution in [2.45, 2.75) is 50.4 Å². The highest BCUT2D eigenvalue weighted by molar-refractivity contribution is 5.66. The Labute approximate surface area is 159 Å². The molecule has 0 unspecified atom stereocenters. The first-order chi connectivity index (χ1) is 13.0. The molecule has 1 N–H and O–H groups in total. The summed E-state index contributed by atoms with van der Waals surface area (Å²) in [4.78, 5) is 14.1. The molecule has 1 saturated heterocycles. The number of carbonyl (C=O) groups is 1. The molecule has 6 nitrogen and oxygen atoms in total. The van der Waals surface area contributed by atoms with E-state index in [1.54, 1.807) is 14.2 Å². The number of ether oxygens (including phenoxy) is 3. The summed E-state index contributed by atoms with van der Waals surface area (Å²) in [7, 11) is 3.25. The SMILES string of the molecule is COc1cc2c(cc1O)CCCN1CCC3=C[C@@H](OC(C)=O)[C@H](OC)C[C@]321. The molecule has 1 aromatic carbocycles. The number of hydrogen-bond donors (Lipinski definition) is 1. The van der Waals surface area contributed by atoms with Crippen molar-refractivity contribution in [3.63, 3.8) is 0 Å². The third-order valence-electron chi connectivity index (χ3n) is 6.28. The molecule has 0 amide bonds. The minimum atomic E-state index is -0.362. The summed E-state index contributed by atoms with van der Waals surface area (Å²) in [6.45, 7) is 3.40. The van der Waals surface area contributed by atoms with Crippen LogP contribution in [0.3, 0.4) is 0 Å². The molecule has 0 aromatic heterocycles. The molecule has 0 bridgehead atoms. The third-order valence-corrected chi connectivity index (χ3v) is 6.28. The molecule has 2 heterocycles. The van der Waals surface area contributed by atoms with Gasteiger partial charge in [0, 0.05) is 27.0 Å². The predicted molar refractivity (Wildman–Crippen MR) is 99.9 cm³/mol. The van der Waals surface area contributed by atoms with E-state index < -0.39 is 0 Å². The van der Waals surface area contributed by atoms with Crippen molar-refractivity contribution in [1.82, 2.24) is 4.90 Å². The lowest BCUT2D eigenvalue weighted by atomic mass is 9.72. The number of carbonyl (C=O) groups excluding carboxylic acids is 1. The smallest absolute Gasteiger partial charge is 0.303 e. The summed E-state index contributed by atoms with van der Waals surface area (Å²) < 4.78 is 16.7. The van der Waals surface area contributed by atoms with E-state index in [0.717, 1.165) is 37.9 Å². The van der Waals surface area contributed by atoms with Crippen molar-refractivity contribution in [2.75, 3.05) is 27.3 Å². The highest BCUT2D eigenvalue weighted by Crippen LogP contribution is 2.53. The molecule has 3 atom stereocenters. The van der Waals surface area contributed by atoms with Crippen LogP contribution in [-0.4, -0.2) is 55.5 Å². The van der Waals surface area contributed by atoms with Gasteiger partial charge < -0.3 is 19.3 Å². The number of fused-ring (bicyclic) bond motifs is 1. The Kier molecular flexibility index (Phi) is 4.64.